The Morgan fingerprint density at radius 2 is 2.00 bits per heavy atom. The molecule has 0 bridgehead atoms. The van der Waals surface area contributed by atoms with Crippen LogP contribution in [0.15, 0.2) is 29.2 Å². The molecule has 2 rings (SSSR count). The van der Waals surface area contributed by atoms with Gasteiger partial charge in [0, 0.05) is 30.1 Å². The van der Waals surface area contributed by atoms with E-state index in [1.54, 1.807) is 17.0 Å². The van der Waals surface area contributed by atoms with Crippen LogP contribution in [0.25, 0.3) is 0 Å². The SMILES string of the molecule is CC1CC(C(=O)O)CN(C(=O)CSc2ccc([N+](=O)[O-])cc2)C1. The van der Waals surface area contributed by atoms with Crippen LogP contribution >= 0.6 is 11.8 Å². The molecule has 0 saturated carbocycles. The fraction of sp³-hybridized carbons (Fsp3) is 0.467. The minimum absolute atomic E-state index is 0.00910. The third-order valence-electron chi connectivity index (χ3n) is 3.77. The van der Waals surface area contributed by atoms with Gasteiger partial charge in [-0.1, -0.05) is 6.92 Å². The van der Waals surface area contributed by atoms with E-state index in [0.717, 1.165) is 4.90 Å². The van der Waals surface area contributed by atoms with Crippen LogP contribution in [0.4, 0.5) is 5.69 Å². The quantitative estimate of drug-likeness (QED) is 0.502. The first kappa shape index (κ1) is 17.3. The second-order valence-electron chi connectivity index (χ2n) is 5.71. The minimum atomic E-state index is -0.864. The van der Waals surface area contributed by atoms with E-state index in [2.05, 4.69) is 0 Å². The molecule has 1 aromatic rings. The number of carbonyl (C=O) groups excluding carboxylic acids is 1. The Morgan fingerprint density at radius 3 is 2.57 bits per heavy atom. The number of hydrogen-bond acceptors (Lipinski definition) is 5. The summed E-state index contributed by atoms with van der Waals surface area (Å²) >= 11 is 1.29. The second-order valence-corrected chi connectivity index (χ2v) is 6.76. The number of aliphatic carboxylic acids is 1. The third-order valence-corrected chi connectivity index (χ3v) is 4.77. The molecular formula is C15H18N2O5S. The Labute approximate surface area is 137 Å². The maximum Gasteiger partial charge on any atom is 0.308 e. The highest BCUT2D eigenvalue weighted by Crippen LogP contribution is 2.25. The summed E-state index contributed by atoms with van der Waals surface area (Å²) in [4.78, 5) is 35.9. The molecule has 1 aliphatic heterocycles. The third kappa shape index (κ3) is 4.69. The number of likely N-dealkylation sites (tertiary alicyclic amines) is 1. The molecule has 1 fully saturated rings. The fourth-order valence-electron chi connectivity index (χ4n) is 2.63. The fourth-order valence-corrected chi connectivity index (χ4v) is 3.44. The summed E-state index contributed by atoms with van der Waals surface area (Å²) in [6, 6.07) is 6.01. The molecule has 1 aromatic carbocycles. The number of benzene rings is 1. The Kier molecular flexibility index (Phi) is 5.59. The summed E-state index contributed by atoms with van der Waals surface area (Å²) in [7, 11) is 0. The summed E-state index contributed by atoms with van der Waals surface area (Å²) < 4.78 is 0. The van der Waals surface area contributed by atoms with Gasteiger partial charge in [0.1, 0.15) is 0 Å². The summed E-state index contributed by atoms with van der Waals surface area (Å²) in [5.41, 5.74) is 0.00910. The Balaban J connectivity index is 1.91. The van der Waals surface area contributed by atoms with Gasteiger partial charge < -0.3 is 10.0 Å². The van der Waals surface area contributed by atoms with Gasteiger partial charge in [-0.05, 0) is 24.5 Å². The topological polar surface area (TPSA) is 101 Å². The number of amides is 1. The maximum absolute atomic E-state index is 12.3. The van der Waals surface area contributed by atoms with Crippen molar-refractivity contribution in [1.82, 2.24) is 4.90 Å². The lowest BCUT2D eigenvalue weighted by Crippen LogP contribution is -2.46. The molecule has 23 heavy (non-hydrogen) atoms. The van der Waals surface area contributed by atoms with Gasteiger partial charge >= 0.3 is 5.97 Å². The van der Waals surface area contributed by atoms with Crippen molar-refractivity contribution < 1.29 is 19.6 Å². The van der Waals surface area contributed by atoms with E-state index >= 15 is 0 Å². The van der Waals surface area contributed by atoms with Gasteiger partial charge in [0.15, 0.2) is 0 Å². The maximum atomic E-state index is 12.3. The molecular weight excluding hydrogens is 320 g/mol. The summed E-state index contributed by atoms with van der Waals surface area (Å²) in [6.45, 7) is 2.77. The molecule has 1 saturated heterocycles. The summed E-state index contributed by atoms with van der Waals surface area (Å²) in [5.74, 6) is -1.12. The van der Waals surface area contributed by atoms with Crippen LogP contribution in [0.5, 0.6) is 0 Å². The van der Waals surface area contributed by atoms with Crippen molar-refractivity contribution in [2.75, 3.05) is 18.8 Å². The van der Waals surface area contributed by atoms with Crippen molar-refractivity contribution in [3.05, 3.63) is 34.4 Å². The molecule has 8 heteroatoms. The molecule has 124 valence electrons. The zero-order valence-electron chi connectivity index (χ0n) is 12.7. The van der Waals surface area contributed by atoms with Gasteiger partial charge in [0.2, 0.25) is 5.91 Å². The Hall–Kier alpha value is -2.09. The number of carbonyl (C=O) groups is 2. The van der Waals surface area contributed by atoms with Crippen molar-refractivity contribution in [2.24, 2.45) is 11.8 Å². The molecule has 2 atom stereocenters. The van der Waals surface area contributed by atoms with Gasteiger partial charge in [-0.3, -0.25) is 19.7 Å². The largest absolute Gasteiger partial charge is 0.481 e. The molecule has 0 aliphatic carbocycles. The molecule has 0 aromatic heterocycles. The first-order chi connectivity index (χ1) is 10.9. The predicted octanol–water partition coefficient (Wildman–Crippen LogP) is 2.26. The molecule has 0 radical (unpaired) electrons. The number of thioether (sulfide) groups is 1. The molecule has 2 unspecified atom stereocenters. The van der Waals surface area contributed by atoms with E-state index in [9.17, 15) is 19.7 Å². The number of hydrogen-bond donors (Lipinski definition) is 1. The van der Waals surface area contributed by atoms with Gasteiger partial charge in [0.25, 0.3) is 5.69 Å². The highest BCUT2D eigenvalue weighted by molar-refractivity contribution is 8.00. The summed E-state index contributed by atoms with van der Waals surface area (Å²) in [6.07, 6.45) is 0.592. The summed E-state index contributed by atoms with van der Waals surface area (Å²) in [5, 5.41) is 19.7. The molecule has 7 nitrogen and oxygen atoms in total. The first-order valence-corrected chi connectivity index (χ1v) is 8.23. The highest BCUT2D eigenvalue weighted by atomic mass is 32.2. The molecule has 1 heterocycles. The smallest absolute Gasteiger partial charge is 0.308 e. The normalized spacial score (nSPS) is 21.0. The van der Waals surface area contributed by atoms with Crippen molar-refractivity contribution in [1.29, 1.82) is 0 Å². The zero-order chi connectivity index (χ0) is 17.0. The molecule has 0 spiro atoms. The number of nitro benzene ring substituents is 1. The van der Waals surface area contributed by atoms with Crippen molar-refractivity contribution in [2.45, 2.75) is 18.2 Å². The average molecular weight is 338 g/mol. The van der Waals surface area contributed by atoms with Crippen molar-refractivity contribution in [3.63, 3.8) is 0 Å². The van der Waals surface area contributed by atoms with E-state index in [1.807, 2.05) is 6.92 Å². The average Bonchev–Trinajstić information content (AvgIpc) is 2.52. The predicted molar refractivity (Wildman–Crippen MR) is 85.3 cm³/mol. The number of rotatable bonds is 5. The van der Waals surface area contributed by atoms with Crippen LogP contribution in [-0.4, -0.2) is 45.6 Å². The lowest BCUT2D eigenvalue weighted by atomic mass is 9.90. The van der Waals surface area contributed by atoms with Crippen molar-refractivity contribution in [3.8, 4) is 0 Å². The van der Waals surface area contributed by atoms with Gasteiger partial charge in [-0.15, -0.1) is 11.8 Å². The van der Waals surface area contributed by atoms with Crippen LogP contribution in [0.3, 0.4) is 0 Å². The van der Waals surface area contributed by atoms with E-state index < -0.39 is 16.8 Å². The van der Waals surface area contributed by atoms with Crippen LogP contribution in [0.1, 0.15) is 13.3 Å². The number of piperidine rings is 1. The van der Waals surface area contributed by atoms with Crippen LogP contribution in [-0.2, 0) is 9.59 Å². The first-order valence-electron chi connectivity index (χ1n) is 7.24. The van der Waals surface area contributed by atoms with Crippen molar-refractivity contribution >= 4 is 29.3 Å². The van der Waals surface area contributed by atoms with E-state index in [1.165, 1.54) is 23.9 Å². The van der Waals surface area contributed by atoms with E-state index in [-0.39, 0.29) is 29.8 Å². The van der Waals surface area contributed by atoms with E-state index in [4.69, 9.17) is 5.11 Å². The van der Waals surface area contributed by atoms with E-state index in [0.29, 0.717) is 13.0 Å². The minimum Gasteiger partial charge on any atom is -0.481 e. The standard InChI is InChI=1S/C15H18N2O5S/c1-10-6-11(15(19)20)8-16(7-10)14(18)9-23-13-4-2-12(3-5-13)17(21)22/h2-5,10-11H,6-9H2,1H3,(H,19,20). The Morgan fingerprint density at radius 1 is 1.35 bits per heavy atom. The molecule has 1 aliphatic rings. The van der Waals surface area contributed by atoms with Crippen LogP contribution in [0.2, 0.25) is 0 Å². The number of carboxylic acids is 1. The number of nitro groups is 1. The number of carboxylic acid groups (broad SMARTS) is 1. The van der Waals surface area contributed by atoms with Gasteiger partial charge in [0.05, 0.1) is 16.6 Å². The second kappa shape index (κ2) is 7.45. The highest BCUT2D eigenvalue weighted by Gasteiger charge is 2.31. The number of non-ortho nitro benzene ring substituents is 1. The lowest BCUT2D eigenvalue weighted by molar-refractivity contribution is -0.384. The Bertz CT molecular complexity index is 604. The molecule has 1 N–H and O–H groups in total. The zero-order valence-corrected chi connectivity index (χ0v) is 13.5. The van der Waals surface area contributed by atoms with Gasteiger partial charge in [-0.25, -0.2) is 0 Å². The monoisotopic (exact) mass is 338 g/mol. The number of nitrogens with zero attached hydrogens (tertiary/aromatic N) is 2. The van der Waals surface area contributed by atoms with Gasteiger partial charge in [-0.2, -0.15) is 0 Å². The lowest BCUT2D eigenvalue weighted by Gasteiger charge is -2.34. The van der Waals surface area contributed by atoms with Crippen LogP contribution < -0.4 is 0 Å². The van der Waals surface area contributed by atoms with Crippen LogP contribution in [0, 0.1) is 22.0 Å². The molecule has 1 amide bonds.